The Bertz CT molecular complexity index is 1380. The lowest BCUT2D eigenvalue weighted by Crippen LogP contribution is -2.54. The van der Waals surface area contributed by atoms with Crippen molar-refractivity contribution in [1.29, 1.82) is 0 Å². The first kappa shape index (κ1) is 27.4. The summed E-state index contributed by atoms with van der Waals surface area (Å²) in [6, 6.07) is 19.2. The van der Waals surface area contributed by atoms with Gasteiger partial charge in [0.05, 0.1) is 12.8 Å². The number of methoxy groups -OCH3 is 1. The van der Waals surface area contributed by atoms with Crippen molar-refractivity contribution in [2.45, 2.75) is 33.1 Å². The Morgan fingerprint density at radius 1 is 0.897 bits per heavy atom. The molecule has 0 spiro atoms. The number of amides is 4. The van der Waals surface area contributed by atoms with Gasteiger partial charge in [0, 0.05) is 0 Å². The Kier molecular flexibility index (Phi) is 8.66. The summed E-state index contributed by atoms with van der Waals surface area (Å²) in [5.74, 6) is 0.730. The molecule has 1 fully saturated rings. The molecule has 39 heavy (non-hydrogen) atoms. The first-order valence-electron chi connectivity index (χ1n) is 12.8. The summed E-state index contributed by atoms with van der Waals surface area (Å²) < 4.78 is 17.1. The predicted molar refractivity (Wildman–Crippen MR) is 149 cm³/mol. The van der Waals surface area contributed by atoms with Crippen molar-refractivity contribution in [2.75, 3.05) is 25.2 Å². The molecular weight excluding hydrogens is 496 g/mol. The fourth-order valence-corrected chi connectivity index (χ4v) is 4.09. The minimum atomic E-state index is -0.791. The Morgan fingerprint density at radius 3 is 2.26 bits per heavy atom. The maximum absolute atomic E-state index is 13.1. The van der Waals surface area contributed by atoms with Crippen molar-refractivity contribution in [3.05, 3.63) is 89.0 Å². The highest BCUT2D eigenvalue weighted by Crippen LogP contribution is 2.30. The van der Waals surface area contributed by atoms with Crippen LogP contribution in [-0.2, 0) is 9.59 Å². The number of carbonyl (C=O) groups is 3. The fourth-order valence-electron chi connectivity index (χ4n) is 4.09. The Morgan fingerprint density at radius 2 is 1.59 bits per heavy atom. The molecule has 0 saturated carbocycles. The van der Waals surface area contributed by atoms with Crippen molar-refractivity contribution >= 4 is 29.6 Å². The molecule has 4 rings (SSSR count). The van der Waals surface area contributed by atoms with Crippen LogP contribution < -0.4 is 24.4 Å². The van der Waals surface area contributed by atoms with E-state index < -0.39 is 17.8 Å². The second kappa shape index (κ2) is 12.3. The van der Waals surface area contributed by atoms with Crippen LogP contribution in [-0.4, -0.2) is 38.2 Å². The summed E-state index contributed by atoms with van der Waals surface area (Å²) in [4.78, 5) is 39.0. The average molecular weight is 529 g/mol. The van der Waals surface area contributed by atoms with Gasteiger partial charge in [-0.2, -0.15) is 0 Å². The van der Waals surface area contributed by atoms with Gasteiger partial charge in [0.25, 0.3) is 11.8 Å². The summed E-state index contributed by atoms with van der Waals surface area (Å²) in [6.45, 7) is 6.89. The molecule has 8 heteroatoms. The number of aryl methyl sites for hydroxylation is 1. The molecule has 0 bridgehead atoms. The number of urea groups is 1. The third kappa shape index (κ3) is 6.46. The van der Waals surface area contributed by atoms with Gasteiger partial charge in [-0.15, -0.1) is 0 Å². The molecule has 0 aromatic heterocycles. The first-order chi connectivity index (χ1) is 18.8. The maximum Gasteiger partial charge on any atom is 0.335 e. The maximum atomic E-state index is 13.1. The molecule has 3 aromatic carbocycles. The molecule has 1 N–H and O–H groups in total. The van der Waals surface area contributed by atoms with Crippen LogP contribution in [0.3, 0.4) is 0 Å². The van der Waals surface area contributed by atoms with Crippen LogP contribution in [0.1, 0.15) is 42.9 Å². The SMILES string of the molecule is CCC(C)c1ccc(OCCOc2ccc(/C=C3\C(=O)NC(=O)N(c4ccc(C)cc4)C3=O)cc2OC)cc1. The third-order valence-corrected chi connectivity index (χ3v) is 6.56. The van der Waals surface area contributed by atoms with E-state index in [1.165, 1.54) is 18.7 Å². The molecule has 1 saturated heterocycles. The summed E-state index contributed by atoms with van der Waals surface area (Å²) in [5, 5.41) is 2.23. The molecule has 3 aromatic rings. The highest BCUT2D eigenvalue weighted by molar-refractivity contribution is 6.39. The van der Waals surface area contributed by atoms with Crippen molar-refractivity contribution in [1.82, 2.24) is 5.32 Å². The zero-order valence-corrected chi connectivity index (χ0v) is 22.5. The summed E-state index contributed by atoms with van der Waals surface area (Å²) in [5.41, 5.74) is 3.00. The topological polar surface area (TPSA) is 94.2 Å². The van der Waals surface area contributed by atoms with Crippen molar-refractivity contribution in [2.24, 2.45) is 0 Å². The number of ether oxygens (including phenoxy) is 3. The number of nitrogens with zero attached hydrogens (tertiary/aromatic N) is 1. The molecule has 4 amide bonds. The third-order valence-electron chi connectivity index (χ3n) is 6.56. The minimum absolute atomic E-state index is 0.168. The molecule has 8 nitrogen and oxygen atoms in total. The summed E-state index contributed by atoms with van der Waals surface area (Å²) in [7, 11) is 1.50. The normalized spacial score (nSPS) is 15.2. The van der Waals surface area contributed by atoms with E-state index in [2.05, 4.69) is 31.3 Å². The zero-order chi connectivity index (χ0) is 27.9. The van der Waals surface area contributed by atoms with Gasteiger partial charge in [0.2, 0.25) is 0 Å². The molecule has 0 radical (unpaired) electrons. The van der Waals surface area contributed by atoms with Gasteiger partial charge in [-0.3, -0.25) is 14.9 Å². The van der Waals surface area contributed by atoms with Gasteiger partial charge in [0.1, 0.15) is 24.5 Å². The monoisotopic (exact) mass is 528 g/mol. The molecule has 1 heterocycles. The molecule has 1 unspecified atom stereocenters. The van der Waals surface area contributed by atoms with Crippen molar-refractivity contribution in [3.63, 3.8) is 0 Å². The average Bonchev–Trinajstić information content (AvgIpc) is 2.94. The number of anilines is 1. The lowest BCUT2D eigenvalue weighted by molar-refractivity contribution is -0.122. The van der Waals surface area contributed by atoms with Crippen LogP contribution in [0.4, 0.5) is 10.5 Å². The zero-order valence-electron chi connectivity index (χ0n) is 22.5. The van der Waals surface area contributed by atoms with Crippen LogP contribution in [0.15, 0.2) is 72.3 Å². The van der Waals surface area contributed by atoms with Gasteiger partial charge in [-0.05, 0) is 72.9 Å². The highest BCUT2D eigenvalue weighted by atomic mass is 16.5. The molecule has 1 aliphatic heterocycles. The van der Waals surface area contributed by atoms with Gasteiger partial charge in [-0.25, -0.2) is 9.69 Å². The van der Waals surface area contributed by atoms with Crippen LogP contribution in [0.25, 0.3) is 6.08 Å². The van der Waals surface area contributed by atoms with E-state index in [1.54, 1.807) is 42.5 Å². The number of benzene rings is 3. The Balaban J connectivity index is 1.42. The van der Waals surface area contributed by atoms with E-state index in [4.69, 9.17) is 14.2 Å². The summed E-state index contributed by atoms with van der Waals surface area (Å²) in [6.07, 6.45) is 2.50. The lowest BCUT2D eigenvalue weighted by atomic mass is 9.99. The number of carbonyl (C=O) groups excluding carboxylic acids is 3. The first-order valence-corrected chi connectivity index (χ1v) is 12.8. The van der Waals surface area contributed by atoms with Crippen LogP contribution in [0.5, 0.6) is 17.2 Å². The lowest BCUT2D eigenvalue weighted by Gasteiger charge is -2.26. The van der Waals surface area contributed by atoms with Crippen molar-refractivity contribution in [3.8, 4) is 17.2 Å². The molecular formula is C31H32N2O6. The predicted octanol–water partition coefficient (Wildman–Crippen LogP) is 5.64. The Labute approximate surface area is 228 Å². The van der Waals surface area contributed by atoms with E-state index in [-0.39, 0.29) is 5.57 Å². The van der Waals surface area contributed by atoms with Gasteiger partial charge in [-0.1, -0.05) is 49.7 Å². The second-order valence-corrected chi connectivity index (χ2v) is 9.28. The number of imide groups is 2. The molecule has 1 aliphatic rings. The molecule has 1 atom stereocenters. The van der Waals surface area contributed by atoms with Gasteiger partial charge in [0.15, 0.2) is 11.5 Å². The highest BCUT2D eigenvalue weighted by Gasteiger charge is 2.36. The van der Waals surface area contributed by atoms with Crippen molar-refractivity contribution < 1.29 is 28.6 Å². The van der Waals surface area contributed by atoms with Crippen LogP contribution >= 0.6 is 0 Å². The molecule has 202 valence electrons. The number of hydrogen-bond acceptors (Lipinski definition) is 6. The largest absolute Gasteiger partial charge is 0.493 e. The number of barbiturate groups is 1. The van der Waals surface area contributed by atoms with Gasteiger partial charge >= 0.3 is 6.03 Å². The van der Waals surface area contributed by atoms with E-state index in [9.17, 15) is 14.4 Å². The van der Waals surface area contributed by atoms with E-state index in [0.717, 1.165) is 22.6 Å². The van der Waals surface area contributed by atoms with Crippen LogP contribution in [0.2, 0.25) is 0 Å². The second-order valence-electron chi connectivity index (χ2n) is 9.28. The number of nitrogens with one attached hydrogen (secondary N) is 1. The van der Waals surface area contributed by atoms with E-state index >= 15 is 0 Å². The number of hydrogen-bond donors (Lipinski definition) is 1. The Hall–Kier alpha value is -4.59. The van der Waals surface area contributed by atoms with Gasteiger partial charge < -0.3 is 14.2 Å². The summed E-state index contributed by atoms with van der Waals surface area (Å²) >= 11 is 0. The standard InChI is InChI=1S/C31H32N2O6/c1-5-21(3)23-9-13-25(14-10-23)38-16-17-39-27-15-8-22(19-28(27)37-4)18-26-29(34)32-31(36)33(30(26)35)24-11-6-20(2)7-12-24/h6-15,18-19,21H,5,16-17H2,1-4H3,(H,32,34,36)/b26-18+. The quantitative estimate of drug-likeness (QED) is 0.208. The molecule has 0 aliphatic carbocycles. The fraction of sp³-hybridized carbons (Fsp3) is 0.258. The van der Waals surface area contributed by atoms with E-state index in [1.807, 2.05) is 19.1 Å². The van der Waals surface area contributed by atoms with Crippen LogP contribution in [0, 0.1) is 6.92 Å². The number of rotatable bonds is 10. The smallest absolute Gasteiger partial charge is 0.335 e. The van der Waals surface area contributed by atoms with E-state index in [0.29, 0.717) is 41.9 Å². The minimum Gasteiger partial charge on any atom is -0.493 e.